The molecule has 3 aromatic rings. The number of halogens is 1. The number of aromatic nitrogens is 1. The van der Waals surface area contributed by atoms with Crippen molar-refractivity contribution in [2.45, 2.75) is 25.8 Å². The molecule has 2 heterocycles. The van der Waals surface area contributed by atoms with Crippen LogP contribution in [0, 0.1) is 12.7 Å². The summed E-state index contributed by atoms with van der Waals surface area (Å²) >= 11 is 0. The van der Waals surface area contributed by atoms with Gasteiger partial charge in [0.2, 0.25) is 11.7 Å². The maximum Gasteiger partial charge on any atom is 0.292 e. The number of amides is 2. The van der Waals surface area contributed by atoms with E-state index in [2.05, 4.69) is 10.3 Å². The number of benzene rings is 2. The summed E-state index contributed by atoms with van der Waals surface area (Å²) in [5.41, 5.74) is 2.83. The molecule has 1 saturated heterocycles. The van der Waals surface area contributed by atoms with Gasteiger partial charge in [-0.15, -0.1) is 0 Å². The molecule has 1 N–H and O–H groups in total. The molecule has 4 rings (SSSR count). The predicted octanol–water partition coefficient (Wildman–Crippen LogP) is 4.03. The number of rotatable bonds is 4. The second-order valence-electron chi connectivity index (χ2n) is 7.00. The lowest BCUT2D eigenvalue weighted by Gasteiger charge is -2.23. The van der Waals surface area contributed by atoms with E-state index in [1.807, 2.05) is 18.2 Å². The van der Waals surface area contributed by atoms with Crippen LogP contribution in [0.25, 0.3) is 11.1 Å². The van der Waals surface area contributed by atoms with Gasteiger partial charge in [-0.05, 0) is 55.2 Å². The van der Waals surface area contributed by atoms with Crippen LogP contribution in [-0.2, 0) is 4.79 Å². The number of carbonyl (C=O) groups is 2. The third-order valence-corrected chi connectivity index (χ3v) is 5.06. The first-order valence-electron chi connectivity index (χ1n) is 9.41. The van der Waals surface area contributed by atoms with Gasteiger partial charge in [0, 0.05) is 12.2 Å². The van der Waals surface area contributed by atoms with E-state index in [4.69, 9.17) is 4.42 Å². The van der Waals surface area contributed by atoms with Crippen molar-refractivity contribution in [3.05, 3.63) is 72.2 Å². The lowest BCUT2D eigenvalue weighted by Crippen LogP contribution is -2.43. The van der Waals surface area contributed by atoms with Gasteiger partial charge in [-0.2, -0.15) is 0 Å². The van der Waals surface area contributed by atoms with Crippen molar-refractivity contribution in [2.75, 3.05) is 11.9 Å². The van der Waals surface area contributed by atoms with Crippen LogP contribution in [0.5, 0.6) is 0 Å². The van der Waals surface area contributed by atoms with Crippen molar-refractivity contribution in [2.24, 2.45) is 0 Å². The first kappa shape index (κ1) is 18.9. The molecular formula is C22H20FN3O3. The fraction of sp³-hybridized carbons (Fsp3) is 0.227. The van der Waals surface area contributed by atoms with Crippen molar-refractivity contribution in [1.82, 2.24) is 9.88 Å². The van der Waals surface area contributed by atoms with E-state index in [0.717, 1.165) is 17.5 Å². The number of nitrogens with one attached hydrogen (secondary N) is 1. The van der Waals surface area contributed by atoms with E-state index in [1.54, 1.807) is 25.1 Å². The van der Waals surface area contributed by atoms with Crippen molar-refractivity contribution < 1.29 is 18.4 Å². The summed E-state index contributed by atoms with van der Waals surface area (Å²) in [5.74, 6) is -0.698. The van der Waals surface area contributed by atoms with Crippen LogP contribution in [-0.4, -0.2) is 34.3 Å². The van der Waals surface area contributed by atoms with Crippen molar-refractivity contribution in [1.29, 1.82) is 0 Å². The van der Waals surface area contributed by atoms with E-state index in [-0.39, 0.29) is 23.4 Å². The third-order valence-electron chi connectivity index (χ3n) is 5.06. The van der Waals surface area contributed by atoms with Gasteiger partial charge in [0.1, 0.15) is 11.9 Å². The highest BCUT2D eigenvalue weighted by Gasteiger charge is 2.36. The van der Waals surface area contributed by atoms with Crippen LogP contribution in [0.2, 0.25) is 0 Å². The fourth-order valence-electron chi connectivity index (χ4n) is 3.56. The Bertz CT molecular complexity index is 1050. The molecule has 2 amide bonds. The zero-order valence-electron chi connectivity index (χ0n) is 15.9. The highest BCUT2D eigenvalue weighted by Crippen LogP contribution is 2.25. The standard InChI is InChI=1S/C22H20FN3O3/c1-14-20(29-13-24-14)22(28)26-11-3-6-19(26)21(27)25-18-5-2-4-16(12-18)15-7-9-17(23)10-8-15/h2,4-5,7-10,12-13,19H,3,6,11H2,1H3,(H,25,27). The average molecular weight is 393 g/mol. The monoisotopic (exact) mass is 393 g/mol. The molecule has 0 bridgehead atoms. The molecule has 29 heavy (non-hydrogen) atoms. The molecule has 1 aromatic heterocycles. The van der Waals surface area contributed by atoms with Crippen molar-refractivity contribution in [3.63, 3.8) is 0 Å². The highest BCUT2D eigenvalue weighted by atomic mass is 19.1. The molecule has 148 valence electrons. The van der Waals surface area contributed by atoms with E-state index in [0.29, 0.717) is 24.3 Å². The summed E-state index contributed by atoms with van der Waals surface area (Å²) in [6.07, 6.45) is 2.56. The van der Waals surface area contributed by atoms with Crippen LogP contribution in [0.4, 0.5) is 10.1 Å². The number of likely N-dealkylation sites (tertiary alicyclic amines) is 1. The second-order valence-corrected chi connectivity index (χ2v) is 7.00. The number of hydrogen-bond acceptors (Lipinski definition) is 4. The molecule has 2 aromatic carbocycles. The summed E-state index contributed by atoms with van der Waals surface area (Å²) in [4.78, 5) is 31.1. The fourth-order valence-corrected chi connectivity index (χ4v) is 3.56. The van der Waals surface area contributed by atoms with Gasteiger partial charge in [0.05, 0.1) is 5.69 Å². The molecule has 1 atom stereocenters. The van der Waals surface area contributed by atoms with E-state index in [9.17, 15) is 14.0 Å². The SMILES string of the molecule is Cc1ncoc1C(=O)N1CCCC1C(=O)Nc1cccc(-c2ccc(F)cc2)c1. The Balaban J connectivity index is 1.50. The summed E-state index contributed by atoms with van der Waals surface area (Å²) in [6.45, 7) is 2.19. The molecule has 0 aliphatic carbocycles. The number of aryl methyl sites for hydroxylation is 1. The molecule has 7 heteroatoms. The number of hydrogen-bond donors (Lipinski definition) is 1. The van der Waals surface area contributed by atoms with Crippen molar-refractivity contribution in [3.8, 4) is 11.1 Å². The molecule has 0 spiro atoms. The first-order chi connectivity index (χ1) is 14.0. The van der Waals surface area contributed by atoms with Gasteiger partial charge < -0.3 is 14.6 Å². The maximum absolute atomic E-state index is 13.2. The number of nitrogens with zero attached hydrogens (tertiary/aromatic N) is 2. The number of carbonyl (C=O) groups excluding carboxylic acids is 2. The second kappa shape index (κ2) is 7.87. The van der Waals surface area contributed by atoms with Gasteiger partial charge in [-0.1, -0.05) is 24.3 Å². The average Bonchev–Trinajstić information content (AvgIpc) is 3.37. The molecule has 0 saturated carbocycles. The van der Waals surface area contributed by atoms with Crippen LogP contribution in [0.15, 0.2) is 59.3 Å². The predicted molar refractivity (Wildman–Crippen MR) is 106 cm³/mol. The Hall–Kier alpha value is -3.48. The third kappa shape index (κ3) is 3.89. The molecular weight excluding hydrogens is 373 g/mol. The Labute approximate surface area is 167 Å². The Morgan fingerprint density at radius 3 is 2.69 bits per heavy atom. The Kier molecular flexibility index (Phi) is 5.12. The summed E-state index contributed by atoms with van der Waals surface area (Å²) in [5, 5.41) is 2.90. The quantitative estimate of drug-likeness (QED) is 0.726. The van der Waals surface area contributed by atoms with Crippen LogP contribution >= 0.6 is 0 Å². The smallest absolute Gasteiger partial charge is 0.292 e. The number of oxazole rings is 1. The van der Waals surface area contributed by atoms with Crippen LogP contribution < -0.4 is 5.32 Å². The lowest BCUT2D eigenvalue weighted by atomic mass is 10.0. The van der Waals surface area contributed by atoms with Gasteiger partial charge in [-0.3, -0.25) is 9.59 Å². The minimum absolute atomic E-state index is 0.169. The van der Waals surface area contributed by atoms with E-state index < -0.39 is 6.04 Å². The minimum Gasteiger partial charge on any atom is -0.438 e. The van der Waals surface area contributed by atoms with E-state index >= 15 is 0 Å². The zero-order valence-corrected chi connectivity index (χ0v) is 15.9. The van der Waals surface area contributed by atoms with Gasteiger partial charge in [0.15, 0.2) is 6.39 Å². The zero-order chi connectivity index (χ0) is 20.4. The molecule has 0 radical (unpaired) electrons. The largest absolute Gasteiger partial charge is 0.438 e. The maximum atomic E-state index is 13.2. The lowest BCUT2D eigenvalue weighted by molar-refractivity contribution is -0.119. The highest BCUT2D eigenvalue weighted by molar-refractivity contribution is 6.01. The molecule has 1 aliphatic rings. The van der Waals surface area contributed by atoms with E-state index in [1.165, 1.54) is 23.4 Å². The van der Waals surface area contributed by atoms with Crippen LogP contribution in [0.1, 0.15) is 29.1 Å². The summed E-state index contributed by atoms with van der Waals surface area (Å²) < 4.78 is 18.4. The minimum atomic E-state index is -0.568. The first-order valence-corrected chi connectivity index (χ1v) is 9.41. The van der Waals surface area contributed by atoms with Crippen LogP contribution in [0.3, 0.4) is 0 Å². The Morgan fingerprint density at radius 2 is 1.97 bits per heavy atom. The van der Waals surface area contributed by atoms with Gasteiger partial charge in [0.25, 0.3) is 5.91 Å². The molecule has 1 unspecified atom stereocenters. The normalized spacial score (nSPS) is 16.1. The summed E-state index contributed by atoms with van der Waals surface area (Å²) in [7, 11) is 0. The Morgan fingerprint density at radius 1 is 1.17 bits per heavy atom. The number of anilines is 1. The van der Waals surface area contributed by atoms with Crippen molar-refractivity contribution >= 4 is 17.5 Å². The molecule has 1 fully saturated rings. The topological polar surface area (TPSA) is 75.4 Å². The van der Waals surface area contributed by atoms with Gasteiger partial charge >= 0.3 is 0 Å². The van der Waals surface area contributed by atoms with Gasteiger partial charge in [-0.25, -0.2) is 9.37 Å². The molecule has 6 nitrogen and oxygen atoms in total. The summed E-state index contributed by atoms with van der Waals surface area (Å²) in [6, 6.07) is 12.9. The molecule has 1 aliphatic heterocycles.